The van der Waals surface area contributed by atoms with Crippen LogP contribution in [0.4, 0.5) is 0 Å². The van der Waals surface area contributed by atoms with Gasteiger partial charge in [0.05, 0.1) is 17.8 Å². The molecule has 0 bridgehead atoms. The number of halogens is 1. The first-order valence-electron chi connectivity index (χ1n) is 7.23. The number of aliphatic carboxylic acids is 1. The number of benzene rings is 1. The van der Waals surface area contributed by atoms with Crippen LogP contribution in [-0.2, 0) is 20.7 Å². The lowest BCUT2D eigenvalue weighted by atomic mass is 10.2. The molecule has 0 spiro atoms. The van der Waals surface area contributed by atoms with Gasteiger partial charge in [0.15, 0.2) is 17.8 Å². The van der Waals surface area contributed by atoms with E-state index in [4.69, 9.17) is 25.9 Å². The van der Waals surface area contributed by atoms with Crippen molar-refractivity contribution < 1.29 is 23.8 Å². The van der Waals surface area contributed by atoms with E-state index in [9.17, 15) is 9.59 Å². The normalized spacial score (nSPS) is 11.9. The molecule has 0 saturated carbocycles. The van der Waals surface area contributed by atoms with Crippen LogP contribution in [0.1, 0.15) is 12.3 Å². The monoisotopic (exact) mass is 352 g/mol. The maximum absolute atomic E-state index is 11.7. The number of nitrogens with zero attached hydrogens (tertiary/aromatic N) is 1. The second kappa shape index (κ2) is 8.47. The Bertz CT molecular complexity index is 716. The molecule has 0 saturated heterocycles. The molecule has 1 unspecified atom stereocenters. The second-order valence-electron chi connectivity index (χ2n) is 4.96. The van der Waals surface area contributed by atoms with Gasteiger partial charge in [-0.25, -0.2) is 9.78 Å². The summed E-state index contributed by atoms with van der Waals surface area (Å²) in [6, 6.07) is 7.22. The number of amides is 1. The lowest BCUT2D eigenvalue weighted by molar-refractivity contribution is -0.148. The van der Waals surface area contributed by atoms with Gasteiger partial charge in [0.2, 0.25) is 5.91 Å². The van der Waals surface area contributed by atoms with E-state index in [1.807, 2.05) is 18.2 Å². The second-order valence-corrected chi connectivity index (χ2v) is 5.37. The predicted octanol–water partition coefficient (Wildman–Crippen LogP) is 2.14. The third-order valence-electron chi connectivity index (χ3n) is 3.30. The molecule has 24 heavy (non-hydrogen) atoms. The molecule has 2 N–H and O–H groups in total. The van der Waals surface area contributed by atoms with Crippen molar-refractivity contribution in [3.05, 3.63) is 41.4 Å². The molecule has 7 nitrogen and oxygen atoms in total. The minimum atomic E-state index is -1.13. The number of oxazole rings is 1. The number of hydrogen-bond donors (Lipinski definition) is 2. The van der Waals surface area contributed by atoms with Crippen LogP contribution in [0.3, 0.4) is 0 Å². The van der Waals surface area contributed by atoms with E-state index < -0.39 is 12.1 Å². The molecule has 1 heterocycles. The number of carboxylic acids is 1. The van der Waals surface area contributed by atoms with E-state index in [1.54, 1.807) is 12.3 Å². The molecule has 128 valence electrons. The van der Waals surface area contributed by atoms with Gasteiger partial charge in [-0.15, -0.1) is 0 Å². The number of ether oxygens (including phenoxy) is 1. The van der Waals surface area contributed by atoms with Crippen molar-refractivity contribution in [1.29, 1.82) is 0 Å². The lowest BCUT2D eigenvalue weighted by Gasteiger charge is -2.11. The Morgan fingerprint density at radius 3 is 2.83 bits per heavy atom. The molecule has 0 aliphatic heterocycles. The van der Waals surface area contributed by atoms with E-state index in [-0.39, 0.29) is 18.9 Å². The van der Waals surface area contributed by atoms with Crippen LogP contribution in [0.25, 0.3) is 11.3 Å². The van der Waals surface area contributed by atoms with Gasteiger partial charge in [0.25, 0.3) is 0 Å². The van der Waals surface area contributed by atoms with E-state index in [0.29, 0.717) is 23.1 Å². The van der Waals surface area contributed by atoms with Crippen LogP contribution in [-0.4, -0.2) is 41.7 Å². The van der Waals surface area contributed by atoms with Gasteiger partial charge in [-0.1, -0.05) is 23.7 Å². The summed E-state index contributed by atoms with van der Waals surface area (Å²) < 4.78 is 10.3. The van der Waals surface area contributed by atoms with E-state index in [1.165, 1.54) is 7.11 Å². The molecule has 1 aromatic carbocycles. The SMILES string of the molecule is COC(CNC(=O)CCc1ncc(-c2ccccc2Cl)o1)C(=O)O. The number of nitrogens with one attached hydrogen (secondary N) is 1. The Labute approximate surface area is 143 Å². The maximum Gasteiger partial charge on any atom is 0.334 e. The summed E-state index contributed by atoms with van der Waals surface area (Å²) in [5.41, 5.74) is 0.728. The van der Waals surface area contributed by atoms with Crippen LogP contribution in [0.15, 0.2) is 34.9 Å². The summed E-state index contributed by atoms with van der Waals surface area (Å²) in [4.78, 5) is 26.6. The molecular formula is C16H17ClN2O5. The number of aromatic nitrogens is 1. The number of carboxylic acid groups (broad SMARTS) is 1. The Kier molecular flexibility index (Phi) is 6.34. The van der Waals surface area contributed by atoms with E-state index in [0.717, 1.165) is 5.56 Å². The summed E-state index contributed by atoms with van der Waals surface area (Å²) in [6.07, 6.45) is 0.904. The minimum absolute atomic E-state index is 0.0961. The average molecular weight is 353 g/mol. The highest BCUT2D eigenvalue weighted by atomic mass is 35.5. The molecule has 2 rings (SSSR count). The van der Waals surface area contributed by atoms with Crippen LogP contribution in [0.2, 0.25) is 5.02 Å². The molecule has 1 atom stereocenters. The summed E-state index contributed by atoms with van der Waals surface area (Å²) in [5.74, 6) is -0.506. The van der Waals surface area contributed by atoms with E-state index in [2.05, 4.69) is 10.3 Å². The first-order chi connectivity index (χ1) is 11.5. The first kappa shape index (κ1) is 18.0. The van der Waals surface area contributed by atoms with Crippen molar-refractivity contribution in [3.8, 4) is 11.3 Å². The molecule has 8 heteroatoms. The zero-order valence-electron chi connectivity index (χ0n) is 13.0. The van der Waals surface area contributed by atoms with Crippen molar-refractivity contribution in [1.82, 2.24) is 10.3 Å². The fraction of sp³-hybridized carbons (Fsp3) is 0.312. The Hall–Kier alpha value is -2.38. The van der Waals surface area contributed by atoms with Crippen molar-refractivity contribution in [3.63, 3.8) is 0 Å². The van der Waals surface area contributed by atoms with Crippen LogP contribution in [0.5, 0.6) is 0 Å². The molecular weight excluding hydrogens is 336 g/mol. The minimum Gasteiger partial charge on any atom is -0.479 e. The van der Waals surface area contributed by atoms with E-state index >= 15 is 0 Å². The largest absolute Gasteiger partial charge is 0.479 e. The number of rotatable bonds is 8. The van der Waals surface area contributed by atoms with Gasteiger partial charge in [-0.3, -0.25) is 4.79 Å². The first-order valence-corrected chi connectivity index (χ1v) is 7.61. The van der Waals surface area contributed by atoms with Crippen molar-refractivity contribution >= 4 is 23.5 Å². The highest BCUT2D eigenvalue weighted by Gasteiger charge is 2.17. The molecule has 2 aromatic rings. The predicted molar refractivity (Wildman–Crippen MR) is 86.7 cm³/mol. The highest BCUT2D eigenvalue weighted by Crippen LogP contribution is 2.28. The Balaban J connectivity index is 1.86. The maximum atomic E-state index is 11.7. The van der Waals surface area contributed by atoms with Crippen molar-refractivity contribution in [2.24, 2.45) is 0 Å². The number of carbonyl (C=O) groups excluding carboxylic acids is 1. The smallest absolute Gasteiger partial charge is 0.334 e. The van der Waals surface area contributed by atoms with Gasteiger partial charge in [-0.2, -0.15) is 0 Å². The summed E-state index contributed by atoms with van der Waals surface area (Å²) in [6.45, 7) is -0.0961. The molecule has 1 amide bonds. The van der Waals surface area contributed by atoms with Crippen LogP contribution >= 0.6 is 11.6 Å². The van der Waals surface area contributed by atoms with Crippen LogP contribution < -0.4 is 5.32 Å². The van der Waals surface area contributed by atoms with Gasteiger partial charge in [0, 0.05) is 25.5 Å². The summed E-state index contributed by atoms with van der Waals surface area (Å²) in [7, 11) is 1.27. The molecule has 0 aliphatic carbocycles. The topological polar surface area (TPSA) is 102 Å². The number of aryl methyl sites for hydroxylation is 1. The molecule has 0 aliphatic rings. The lowest BCUT2D eigenvalue weighted by Crippen LogP contribution is -2.37. The van der Waals surface area contributed by atoms with Crippen molar-refractivity contribution in [2.45, 2.75) is 18.9 Å². The van der Waals surface area contributed by atoms with Gasteiger partial charge in [-0.05, 0) is 12.1 Å². The number of carbonyl (C=O) groups is 2. The third-order valence-corrected chi connectivity index (χ3v) is 3.63. The Morgan fingerprint density at radius 2 is 2.17 bits per heavy atom. The zero-order valence-corrected chi connectivity index (χ0v) is 13.7. The molecule has 0 radical (unpaired) electrons. The summed E-state index contributed by atoms with van der Waals surface area (Å²) in [5, 5.41) is 11.9. The van der Waals surface area contributed by atoms with Crippen molar-refractivity contribution in [2.75, 3.05) is 13.7 Å². The van der Waals surface area contributed by atoms with Gasteiger partial charge in [0.1, 0.15) is 0 Å². The molecule has 0 fully saturated rings. The fourth-order valence-electron chi connectivity index (χ4n) is 2.00. The highest BCUT2D eigenvalue weighted by molar-refractivity contribution is 6.33. The van der Waals surface area contributed by atoms with Gasteiger partial charge >= 0.3 is 5.97 Å². The molecule has 1 aromatic heterocycles. The zero-order chi connectivity index (χ0) is 17.5. The summed E-state index contributed by atoms with van der Waals surface area (Å²) >= 11 is 6.09. The standard InChI is InChI=1S/C16H17ClN2O5/c1-23-13(16(21)22)9-18-14(20)6-7-15-19-8-12(24-15)10-4-2-3-5-11(10)17/h2-5,8,13H,6-7,9H2,1H3,(H,18,20)(H,21,22). The van der Waals surface area contributed by atoms with Gasteiger partial charge < -0.3 is 19.6 Å². The third kappa shape index (κ3) is 4.81. The number of hydrogen-bond acceptors (Lipinski definition) is 5. The average Bonchev–Trinajstić information content (AvgIpc) is 3.02. The quantitative estimate of drug-likeness (QED) is 0.754. The number of methoxy groups -OCH3 is 1. The Morgan fingerprint density at radius 1 is 1.42 bits per heavy atom. The van der Waals surface area contributed by atoms with Crippen LogP contribution in [0, 0.1) is 0 Å². The fourth-order valence-corrected chi connectivity index (χ4v) is 2.23.